The van der Waals surface area contributed by atoms with Gasteiger partial charge in [-0.3, -0.25) is 9.59 Å². The molecule has 0 saturated heterocycles. The van der Waals surface area contributed by atoms with Crippen LogP contribution in [0.2, 0.25) is 0 Å². The van der Waals surface area contributed by atoms with Crippen LogP contribution in [0, 0.1) is 13.8 Å². The Balaban J connectivity index is 1.74. The smallest absolute Gasteiger partial charge is 0.255 e. The number of hydrogen-bond acceptors (Lipinski definition) is 4. The average molecular weight is 388 g/mol. The number of para-hydroxylation sites is 1. The monoisotopic (exact) mass is 388 g/mol. The van der Waals surface area contributed by atoms with E-state index in [4.69, 9.17) is 0 Å². The summed E-state index contributed by atoms with van der Waals surface area (Å²) in [5.41, 5.74) is 4.66. The summed E-state index contributed by atoms with van der Waals surface area (Å²) >= 11 is 0. The number of nitrogens with one attached hydrogen (secondary N) is 2. The van der Waals surface area contributed by atoms with E-state index < -0.39 is 0 Å². The lowest BCUT2D eigenvalue weighted by molar-refractivity contribution is 0.0827. The van der Waals surface area contributed by atoms with Crippen LogP contribution in [0.3, 0.4) is 0 Å². The SMILES string of the molecule is Cc1cccc(C)c1NC(=O)c1cccc(Nc2ccc(C(=O)N(C)C)cn2)c1. The summed E-state index contributed by atoms with van der Waals surface area (Å²) in [5, 5.41) is 6.16. The van der Waals surface area contributed by atoms with E-state index in [0.29, 0.717) is 16.9 Å². The Morgan fingerprint density at radius 2 is 1.59 bits per heavy atom. The van der Waals surface area contributed by atoms with Crippen LogP contribution in [0.15, 0.2) is 60.8 Å². The lowest BCUT2D eigenvalue weighted by atomic mass is 10.1. The van der Waals surface area contributed by atoms with Gasteiger partial charge >= 0.3 is 0 Å². The van der Waals surface area contributed by atoms with E-state index in [1.54, 1.807) is 38.4 Å². The first-order valence-corrected chi connectivity index (χ1v) is 9.27. The number of amides is 2. The quantitative estimate of drug-likeness (QED) is 0.680. The molecule has 1 aromatic heterocycles. The van der Waals surface area contributed by atoms with Gasteiger partial charge in [-0.05, 0) is 55.3 Å². The van der Waals surface area contributed by atoms with Crippen LogP contribution in [0.5, 0.6) is 0 Å². The molecule has 29 heavy (non-hydrogen) atoms. The zero-order valence-electron chi connectivity index (χ0n) is 17.0. The summed E-state index contributed by atoms with van der Waals surface area (Å²) in [6.07, 6.45) is 1.53. The number of rotatable bonds is 5. The number of pyridine rings is 1. The fourth-order valence-electron chi connectivity index (χ4n) is 2.94. The van der Waals surface area contributed by atoms with Gasteiger partial charge in [-0.15, -0.1) is 0 Å². The molecule has 2 amide bonds. The molecule has 0 bridgehead atoms. The Kier molecular flexibility index (Phi) is 5.93. The molecular formula is C23H24N4O2. The molecule has 0 spiro atoms. The van der Waals surface area contributed by atoms with Crippen LogP contribution in [0.4, 0.5) is 17.2 Å². The van der Waals surface area contributed by atoms with Crippen LogP contribution in [0.1, 0.15) is 31.8 Å². The van der Waals surface area contributed by atoms with E-state index in [9.17, 15) is 9.59 Å². The average Bonchev–Trinajstić information content (AvgIpc) is 2.71. The number of nitrogens with zero attached hydrogens (tertiary/aromatic N) is 2. The van der Waals surface area contributed by atoms with Gasteiger partial charge in [0, 0.05) is 37.2 Å². The lowest BCUT2D eigenvalue weighted by Gasteiger charge is -2.13. The summed E-state index contributed by atoms with van der Waals surface area (Å²) < 4.78 is 0. The molecular weight excluding hydrogens is 364 g/mol. The molecule has 6 heteroatoms. The number of benzene rings is 2. The molecule has 0 aliphatic rings. The second kappa shape index (κ2) is 8.56. The number of carbonyl (C=O) groups excluding carboxylic acids is 2. The summed E-state index contributed by atoms with van der Waals surface area (Å²) in [5.74, 6) is 0.313. The molecule has 0 unspecified atom stereocenters. The van der Waals surface area contributed by atoms with Crippen molar-refractivity contribution in [3.05, 3.63) is 83.0 Å². The van der Waals surface area contributed by atoms with E-state index >= 15 is 0 Å². The maximum absolute atomic E-state index is 12.7. The predicted molar refractivity (Wildman–Crippen MR) is 116 cm³/mol. The molecule has 2 N–H and O–H groups in total. The zero-order valence-corrected chi connectivity index (χ0v) is 17.0. The third-order valence-corrected chi connectivity index (χ3v) is 4.53. The Labute approximate surface area is 170 Å². The van der Waals surface area contributed by atoms with Crippen molar-refractivity contribution in [1.29, 1.82) is 0 Å². The molecule has 0 radical (unpaired) electrons. The minimum Gasteiger partial charge on any atom is -0.345 e. The maximum atomic E-state index is 12.7. The number of hydrogen-bond donors (Lipinski definition) is 2. The molecule has 6 nitrogen and oxygen atoms in total. The molecule has 1 heterocycles. The van der Waals surface area contributed by atoms with Crippen molar-refractivity contribution in [3.8, 4) is 0 Å². The van der Waals surface area contributed by atoms with Gasteiger partial charge in [0.15, 0.2) is 0 Å². The van der Waals surface area contributed by atoms with E-state index in [1.807, 2.05) is 44.2 Å². The van der Waals surface area contributed by atoms with Crippen LogP contribution < -0.4 is 10.6 Å². The molecule has 3 aromatic rings. The standard InChI is InChI=1S/C23H24N4O2/c1-15-7-5-8-16(2)21(15)26-22(28)17-9-6-10-19(13-17)25-20-12-11-18(14-24-20)23(29)27(3)4/h5-14H,1-4H3,(H,24,25)(H,26,28). The van der Waals surface area contributed by atoms with E-state index in [-0.39, 0.29) is 11.8 Å². The third-order valence-electron chi connectivity index (χ3n) is 4.53. The first-order chi connectivity index (χ1) is 13.8. The largest absolute Gasteiger partial charge is 0.345 e. The van der Waals surface area contributed by atoms with Gasteiger partial charge in [0.05, 0.1) is 5.56 Å². The first kappa shape index (κ1) is 20.1. The highest BCUT2D eigenvalue weighted by Crippen LogP contribution is 2.22. The Hall–Kier alpha value is -3.67. The number of aromatic nitrogens is 1. The van der Waals surface area contributed by atoms with Crippen molar-refractivity contribution in [2.24, 2.45) is 0 Å². The second-order valence-corrected chi connectivity index (χ2v) is 7.06. The lowest BCUT2D eigenvalue weighted by Crippen LogP contribution is -2.21. The van der Waals surface area contributed by atoms with Crippen molar-refractivity contribution in [3.63, 3.8) is 0 Å². The highest BCUT2D eigenvalue weighted by molar-refractivity contribution is 6.05. The maximum Gasteiger partial charge on any atom is 0.255 e. The Bertz CT molecular complexity index is 1020. The molecule has 0 aliphatic carbocycles. The van der Waals surface area contributed by atoms with Crippen molar-refractivity contribution in [2.45, 2.75) is 13.8 Å². The topological polar surface area (TPSA) is 74.3 Å². The van der Waals surface area contributed by atoms with Crippen LogP contribution in [-0.2, 0) is 0 Å². The predicted octanol–water partition coefficient (Wildman–Crippen LogP) is 4.40. The summed E-state index contributed by atoms with van der Waals surface area (Å²) in [6.45, 7) is 3.94. The van der Waals surface area contributed by atoms with Crippen LogP contribution in [0.25, 0.3) is 0 Å². The van der Waals surface area contributed by atoms with Gasteiger partial charge in [0.2, 0.25) is 0 Å². The molecule has 0 aliphatic heterocycles. The van der Waals surface area contributed by atoms with Gasteiger partial charge in [-0.1, -0.05) is 24.3 Å². The van der Waals surface area contributed by atoms with Gasteiger partial charge in [-0.2, -0.15) is 0 Å². The summed E-state index contributed by atoms with van der Waals surface area (Å²) in [6, 6.07) is 16.6. The summed E-state index contributed by atoms with van der Waals surface area (Å²) in [7, 11) is 3.40. The van der Waals surface area contributed by atoms with Gasteiger partial charge in [-0.25, -0.2) is 4.98 Å². The molecule has 148 valence electrons. The van der Waals surface area contributed by atoms with Gasteiger partial charge in [0.1, 0.15) is 5.82 Å². The molecule has 3 rings (SSSR count). The van der Waals surface area contributed by atoms with Gasteiger partial charge in [0.25, 0.3) is 11.8 Å². The third kappa shape index (κ3) is 4.79. The van der Waals surface area contributed by atoms with Gasteiger partial charge < -0.3 is 15.5 Å². The first-order valence-electron chi connectivity index (χ1n) is 9.27. The number of anilines is 3. The second-order valence-electron chi connectivity index (χ2n) is 7.06. The van der Waals surface area contributed by atoms with Crippen LogP contribution in [-0.4, -0.2) is 35.8 Å². The van der Waals surface area contributed by atoms with E-state index in [1.165, 1.54) is 11.1 Å². The van der Waals surface area contributed by atoms with Crippen molar-refractivity contribution in [2.75, 3.05) is 24.7 Å². The normalized spacial score (nSPS) is 10.3. The van der Waals surface area contributed by atoms with E-state index in [2.05, 4.69) is 15.6 Å². The Morgan fingerprint density at radius 3 is 2.21 bits per heavy atom. The van der Waals surface area contributed by atoms with Crippen molar-refractivity contribution < 1.29 is 9.59 Å². The summed E-state index contributed by atoms with van der Waals surface area (Å²) in [4.78, 5) is 30.4. The molecule has 0 atom stereocenters. The number of carbonyl (C=O) groups is 2. The Morgan fingerprint density at radius 1 is 0.897 bits per heavy atom. The molecule has 0 saturated carbocycles. The van der Waals surface area contributed by atoms with Crippen LogP contribution >= 0.6 is 0 Å². The zero-order chi connectivity index (χ0) is 21.0. The van der Waals surface area contributed by atoms with Crippen molar-refractivity contribution in [1.82, 2.24) is 9.88 Å². The number of aryl methyl sites for hydroxylation is 2. The van der Waals surface area contributed by atoms with Crippen molar-refractivity contribution >= 4 is 29.0 Å². The minimum atomic E-state index is -0.175. The molecule has 2 aromatic carbocycles. The van der Waals surface area contributed by atoms with E-state index in [0.717, 1.165) is 22.5 Å². The fraction of sp³-hybridized carbons (Fsp3) is 0.174. The fourth-order valence-corrected chi connectivity index (χ4v) is 2.94. The minimum absolute atomic E-state index is 0.103. The highest BCUT2D eigenvalue weighted by Gasteiger charge is 2.11. The highest BCUT2D eigenvalue weighted by atomic mass is 16.2. The molecule has 0 fully saturated rings.